The third-order valence-corrected chi connectivity index (χ3v) is 6.62. The van der Waals surface area contributed by atoms with Crippen LogP contribution in [-0.4, -0.2) is 28.8 Å². The minimum atomic E-state index is 0.220. The lowest BCUT2D eigenvalue weighted by Gasteiger charge is -2.28. The number of carbonyl (C=O) groups excluding carboxylic acids is 1. The minimum absolute atomic E-state index is 0.220. The lowest BCUT2D eigenvalue weighted by atomic mass is 9.89. The van der Waals surface area contributed by atoms with Gasteiger partial charge in [-0.25, -0.2) is 0 Å². The predicted molar refractivity (Wildman–Crippen MR) is 77.8 cm³/mol. The minimum Gasteiger partial charge on any atom is -0.355 e. The molecule has 0 radical (unpaired) electrons. The summed E-state index contributed by atoms with van der Waals surface area (Å²) >= 11 is 5.46. The summed E-state index contributed by atoms with van der Waals surface area (Å²) in [6.07, 6.45) is 8.72. The first-order valence-corrected chi connectivity index (χ1v) is 8.88. The van der Waals surface area contributed by atoms with Crippen LogP contribution in [0, 0.1) is 5.41 Å². The van der Waals surface area contributed by atoms with E-state index in [0.717, 1.165) is 24.0 Å². The highest BCUT2D eigenvalue weighted by Gasteiger charge is 2.33. The molecular weight excluding hydrogens is 298 g/mol. The number of amides is 1. The Hall–Kier alpha value is 0.300. The van der Waals surface area contributed by atoms with E-state index in [1.807, 2.05) is 11.8 Å². The molecule has 1 saturated heterocycles. The van der Waals surface area contributed by atoms with Crippen LogP contribution in [-0.2, 0) is 4.79 Å². The molecule has 0 aromatic heterocycles. The Labute approximate surface area is 117 Å². The highest BCUT2D eigenvalue weighted by atomic mass is 79.9. The number of nitrogens with one attached hydrogen (secondary N) is 1. The zero-order chi connectivity index (χ0) is 12.1. The molecule has 17 heavy (non-hydrogen) atoms. The lowest BCUT2D eigenvalue weighted by molar-refractivity contribution is -0.121. The molecule has 0 aromatic carbocycles. The van der Waals surface area contributed by atoms with Gasteiger partial charge in [0.2, 0.25) is 5.91 Å². The highest BCUT2D eigenvalue weighted by Crippen LogP contribution is 2.39. The first kappa shape index (κ1) is 13.7. The quantitative estimate of drug-likeness (QED) is 0.805. The number of halogens is 1. The summed E-state index contributed by atoms with van der Waals surface area (Å²) in [7, 11) is 0. The summed E-state index contributed by atoms with van der Waals surface area (Å²) in [6.45, 7) is 0.869. The molecule has 2 aliphatic rings. The van der Waals surface area contributed by atoms with Crippen LogP contribution >= 0.6 is 27.7 Å². The molecule has 1 heterocycles. The van der Waals surface area contributed by atoms with Gasteiger partial charge in [-0.05, 0) is 36.9 Å². The number of thioether (sulfide) groups is 1. The molecule has 1 aliphatic carbocycles. The normalized spacial score (nSPS) is 27.9. The van der Waals surface area contributed by atoms with E-state index in [0.29, 0.717) is 5.41 Å². The van der Waals surface area contributed by atoms with Crippen LogP contribution in [0.15, 0.2) is 0 Å². The van der Waals surface area contributed by atoms with E-state index in [2.05, 4.69) is 21.2 Å². The number of alkyl halides is 1. The summed E-state index contributed by atoms with van der Waals surface area (Å²) in [5, 5.41) is 4.44. The lowest BCUT2D eigenvalue weighted by Crippen LogP contribution is -2.41. The summed E-state index contributed by atoms with van der Waals surface area (Å²) in [5.41, 5.74) is 0.342. The van der Waals surface area contributed by atoms with Gasteiger partial charge in [0, 0.05) is 11.9 Å². The van der Waals surface area contributed by atoms with Crippen LogP contribution in [0.4, 0.5) is 0 Å². The molecule has 2 rings (SSSR count). The second kappa shape index (κ2) is 6.46. The predicted octanol–water partition coefficient (Wildman–Crippen LogP) is 3.34. The number of carbonyl (C=O) groups is 1. The smallest absolute Gasteiger partial charge is 0.233 e. The molecule has 0 bridgehead atoms. The Bertz CT molecular complexity index is 260. The summed E-state index contributed by atoms with van der Waals surface area (Å²) in [5.74, 6) is 1.43. The van der Waals surface area contributed by atoms with E-state index in [9.17, 15) is 4.79 Å². The van der Waals surface area contributed by atoms with Gasteiger partial charge in [0.1, 0.15) is 0 Å². The first-order chi connectivity index (χ1) is 8.26. The van der Waals surface area contributed by atoms with E-state index in [-0.39, 0.29) is 11.2 Å². The fraction of sp³-hybridized carbons (Fsp3) is 0.923. The van der Waals surface area contributed by atoms with Crippen molar-refractivity contribution in [3.05, 3.63) is 0 Å². The van der Waals surface area contributed by atoms with Crippen LogP contribution in [0.5, 0.6) is 0 Å². The van der Waals surface area contributed by atoms with Gasteiger partial charge in [0.05, 0.1) is 5.25 Å². The van der Waals surface area contributed by atoms with Crippen molar-refractivity contribution in [1.29, 1.82) is 0 Å². The van der Waals surface area contributed by atoms with Gasteiger partial charge in [0.25, 0.3) is 0 Å². The zero-order valence-corrected chi connectivity index (χ0v) is 12.7. The van der Waals surface area contributed by atoms with Crippen molar-refractivity contribution in [1.82, 2.24) is 5.32 Å². The molecule has 1 unspecified atom stereocenters. The maximum atomic E-state index is 12.1. The molecule has 1 N–H and O–H groups in total. The van der Waals surface area contributed by atoms with Gasteiger partial charge in [0.15, 0.2) is 0 Å². The molecule has 2 nitrogen and oxygen atoms in total. The van der Waals surface area contributed by atoms with Gasteiger partial charge < -0.3 is 5.32 Å². The summed E-state index contributed by atoms with van der Waals surface area (Å²) in [6, 6.07) is 0. The monoisotopic (exact) mass is 319 g/mol. The molecule has 1 amide bonds. The van der Waals surface area contributed by atoms with Crippen molar-refractivity contribution in [2.24, 2.45) is 5.41 Å². The van der Waals surface area contributed by atoms with Crippen molar-refractivity contribution < 1.29 is 4.79 Å². The first-order valence-electron chi connectivity index (χ1n) is 6.71. The highest BCUT2D eigenvalue weighted by molar-refractivity contribution is 9.09. The van der Waals surface area contributed by atoms with E-state index in [1.165, 1.54) is 38.5 Å². The molecular formula is C13H22BrNOS. The van der Waals surface area contributed by atoms with Crippen molar-refractivity contribution in [2.75, 3.05) is 17.6 Å². The van der Waals surface area contributed by atoms with Crippen LogP contribution in [0.1, 0.15) is 44.9 Å². The van der Waals surface area contributed by atoms with E-state index >= 15 is 0 Å². The third kappa shape index (κ3) is 3.63. The average molecular weight is 320 g/mol. The molecule has 1 aliphatic heterocycles. The van der Waals surface area contributed by atoms with Crippen molar-refractivity contribution >= 4 is 33.6 Å². The average Bonchev–Trinajstić information content (AvgIpc) is 2.86. The van der Waals surface area contributed by atoms with Crippen molar-refractivity contribution in [2.45, 2.75) is 50.2 Å². The SMILES string of the molecule is O=C(NCC1(CBr)CCCC1)C1CCCCS1. The zero-order valence-electron chi connectivity index (χ0n) is 10.3. The number of hydrogen-bond acceptors (Lipinski definition) is 2. The summed E-state index contributed by atoms with van der Waals surface area (Å²) < 4.78 is 0. The summed E-state index contributed by atoms with van der Waals surface area (Å²) in [4.78, 5) is 12.1. The van der Waals surface area contributed by atoms with E-state index in [1.54, 1.807) is 0 Å². The third-order valence-electron chi connectivity index (χ3n) is 4.06. The maximum absolute atomic E-state index is 12.1. The Morgan fingerprint density at radius 2 is 2.06 bits per heavy atom. The van der Waals surface area contributed by atoms with Crippen molar-refractivity contribution in [3.63, 3.8) is 0 Å². The second-order valence-electron chi connectivity index (χ2n) is 5.41. The second-order valence-corrected chi connectivity index (χ2v) is 7.29. The standard InChI is InChI=1S/C13H22BrNOS/c14-9-13(6-2-3-7-13)10-15-12(16)11-5-1-4-8-17-11/h11H,1-10H2,(H,15,16). The van der Waals surface area contributed by atoms with Gasteiger partial charge in [-0.2, -0.15) is 0 Å². The molecule has 4 heteroatoms. The van der Waals surface area contributed by atoms with Gasteiger partial charge >= 0.3 is 0 Å². The van der Waals surface area contributed by atoms with E-state index in [4.69, 9.17) is 0 Å². The molecule has 1 atom stereocenters. The Balaban J connectivity index is 1.78. The number of rotatable bonds is 4. The van der Waals surface area contributed by atoms with Gasteiger partial charge in [-0.3, -0.25) is 4.79 Å². The van der Waals surface area contributed by atoms with E-state index < -0.39 is 0 Å². The topological polar surface area (TPSA) is 29.1 Å². The van der Waals surface area contributed by atoms with Gasteiger partial charge in [-0.15, -0.1) is 11.8 Å². The Morgan fingerprint density at radius 3 is 2.65 bits per heavy atom. The molecule has 98 valence electrons. The van der Waals surface area contributed by atoms with Crippen LogP contribution < -0.4 is 5.32 Å². The Morgan fingerprint density at radius 1 is 1.29 bits per heavy atom. The molecule has 1 saturated carbocycles. The largest absolute Gasteiger partial charge is 0.355 e. The van der Waals surface area contributed by atoms with Gasteiger partial charge in [-0.1, -0.05) is 35.2 Å². The molecule has 2 fully saturated rings. The number of hydrogen-bond donors (Lipinski definition) is 1. The maximum Gasteiger partial charge on any atom is 0.233 e. The fourth-order valence-corrected chi connectivity index (χ4v) is 4.80. The Kier molecular flexibility index (Phi) is 5.22. The molecule has 0 spiro atoms. The van der Waals surface area contributed by atoms with Crippen LogP contribution in [0.2, 0.25) is 0 Å². The van der Waals surface area contributed by atoms with Crippen LogP contribution in [0.3, 0.4) is 0 Å². The van der Waals surface area contributed by atoms with Crippen molar-refractivity contribution in [3.8, 4) is 0 Å². The fourth-order valence-electron chi connectivity index (χ4n) is 2.82. The van der Waals surface area contributed by atoms with Crippen LogP contribution in [0.25, 0.3) is 0 Å². The molecule has 0 aromatic rings.